The fraction of sp³-hybridized carbons (Fsp3) is 0.375. The molecule has 1 N–H and O–H groups in total. The van der Waals surface area contributed by atoms with Crippen molar-refractivity contribution in [1.82, 2.24) is 0 Å². The number of benzene rings is 2. The summed E-state index contributed by atoms with van der Waals surface area (Å²) in [6, 6.07) is 9.54. The first-order valence-corrected chi connectivity index (χ1v) is 10.3. The molecule has 0 spiro atoms. The molecule has 7 heteroatoms. The molecule has 0 fully saturated rings. The molecule has 31 heavy (non-hydrogen) atoms. The van der Waals surface area contributed by atoms with Crippen LogP contribution in [0.1, 0.15) is 59.9 Å². The van der Waals surface area contributed by atoms with E-state index in [9.17, 15) is 19.5 Å². The third-order valence-corrected chi connectivity index (χ3v) is 4.51. The number of hydrogen-bond acceptors (Lipinski definition) is 7. The van der Waals surface area contributed by atoms with E-state index in [0.29, 0.717) is 48.7 Å². The van der Waals surface area contributed by atoms with E-state index >= 15 is 0 Å². The molecular weight excluding hydrogens is 400 g/mol. The van der Waals surface area contributed by atoms with Gasteiger partial charge in [-0.3, -0.25) is 9.59 Å². The molecule has 0 unspecified atom stereocenters. The van der Waals surface area contributed by atoms with Crippen molar-refractivity contribution in [2.75, 3.05) is 19.8 Å². The van der Waals surface area contributed by atoms with Crippen molar-refractivity contribution in [2.24, 2.45) is 0 Å². The van der Waals surface area contributed by atoms with Gasteiger partial charge in [-0.2, -0.15) is 0 Å². The molecule has 2 rings (SSSR count). The highest BCUT2D eigenvalue weighted by molar-refractivity contribution is 6.40. The zero-order chi connectivity index (χ0) is 22.8. The summed E-state index contributed by atoms with van der Waals surface area (Å²) < 4.78 is 16.1. The largest absolute Gasteiger partial charge is 0.507 e. The normalized spacial score (nSPS) is 10.4. The van der Waals surface area contributed by atoms with Gasteiger partial charge in [0.1, 0.15) is 17.2 Å². The van der Waals surface area contributed by atoms with E-state index in [1.54, 1.807) is 31.2 Å². The number of rotatable bonds is 12. The van der Waals surface area contributed by atoms with Gasteiger partial charge in [-0.1, -0.05) is 13.3 Å². The Labute approximate surface area is 181 Å². The number of hydrogen-bond donors (Lipinski definition) is 1. The summed E-state index contributed by atoms with van der Waals surface area (Å²) in [4.78, 5) is 35.0. The summed E-state index contributed by atoms with van der Waals surface area (Å²) in [5.74, 6) is -0.645. The van der Waals surface area contributed by atoms with Crippen LogP contribution in [-0.2, 0) is 16.0 Å². The fourth-order valence-electron chi connectivity index (χ4n) is 2.98. The highest BCUT2D eigenvalue weighted by Gasteiger charge is 2.17. The second kappa shape index (κ2) is 11.7. The molecule has 0 radical (unpaired) electrons. The van der Waals surface area contributed by atoms with E-state index in [2.05, 4.69) is 0 Å². The van der Waals surface area contributed by atoms with Crippen LogP contribution in [0.5, 0.6) is 17.2 Å². The fourth-order valence-corrected chi connectivity index (χ4v) is 2.98. The van der Waals surface area contributed by atoms with Crippen molar-refractivity contribution in [3.8, 4) is 17.2 Å². The van der Waals surface area contributed by atoms with Gasteiger partial charge in [-0.15, -0.1) is 0 Å². The van der Waals surface area contributed by atoms with E-state index in [1.807, 2.05) is 6.92 Å². The van der Waals surface area contributed by atoms with Gasteiger partial charge in [0.25, 0.3) is 5.78 Å². The molecule has 0 heterocycles. The SMILES string of the molecule is CCCc1c(OCCCOc2ccc(C(=O)C(=O)OCC)cc2)ccc(C(C)=O)c1O. The van der Waals surface area contributed by atoms with E-state index in [0.717, 1.165) is 6.42 Å². The lowest BCUT2D eigenvalue weighted by molar-refractivity contribution is -0.137. The van der Waals surface area contributed by atoms with E-state index in [1.165, 1.54) is 19.1 Å². The average molecular weight is 428 g/mol. The third kappa shape index (κ3) is 6.57. The number of ether oxygens (including phenoxy) is 3. The van der Waals surface area contributed by atoms with Crippen LogP contribution in [0, 0.1) is 0 Å². The standard InChI is InChI=1S/C24H28O7/c1-4-7-20-21(13-12-19(16(3)25)23(20)27)31-15-6-14-30-18-10-8-17(9-11-18)22(26)24(28)29-5-2/h8-13,27H,4-7,14-15H2,1-3H3. The predicted molar refractivity (Wildman–Crippen MR) is 115 cm³/mol. The van der Waals surface area contributed by atoms with E-state index in [-0.39, 0.29) is 23.7 Å². The van der Waals surface area contributed by atoms with Crippen molar-refractivity contribution in [3.63, 3.8) is 0 Å². The van der Waals surface area contributed by atoms with Gasteiger partial charge < -0.3 is 19.3 Å². The number of phenols is 1. The zero-order valence-corrected chi connectivity index (χ0v) is 18.1. The molecule has 2 aromatic carbocycles. The quantitative estimate of drug-likeness (QED) is 0.235. The second-order valence-corrected chi connectivity index (χ2v) is 6.87. The Hall–Kier alpha value is -3.35. The van der Waals surface area contributed by atoms with Gasteiger partial charge in [0, 0.05) is 17.5 Å². The first-order valence-electron chi connectivity index (χ1n) is 10.3. The van der Waals surface area contributed by atoms with Crippen LogP contribution in [0.3, 0.4) is 0 Å². The molecule has 0 saturated heterocycles. The topological polar surface area (TPSA) is 99.1 Å². The minimum atomic E-state index is -0.877. The number of carbonyl (C=O) groups excluding carboxylic acids is 3. The predicted octanol–water partition coefficient (Wildman–Crippen LogP) is 4.14. The van der Waals surface area contributed by atoms with Crippen LogP contribution < -0.4 is 9.47 Å². The molecule has 166 valence electrons. The number of aromatic hydroxyl groups is 1. The second-order valence-electron chi connectivity index (χ2n) is 6.87. The lowest BCUT2D eigenvalue weighted by Gasteiger charge is -2.15. The third-order valence-electron chi connectivity index (χ3n) is 4.51. The average Bonchev–Trinajstić information content (AvgIpc) is 2.75. The molecule has 0 bridgehead atoms. The van der Waals surface area contributed by atoms with Gasteiger partial charge >= 0.3 is 5.97 Å². The van der Waals surface area contributed by atoms with E-state index in [4.69, 9.17) is 14.2 Å². The number of ketones is 2. The lowest BCUT2D eigenvalue weighted by atomic mass is 10.0. The highest BCUT2D eigenvalue weighted by Crippen LogP contribution is 2.33. The van der Waals surface area contributed by atoms with Gasteiger partial charge in [0.15, 0.2) is 5.78 Å². The van der Waals surface area contributed by atoms with Crippen LogP contribution in [0.15, 0.2) is 36.4 Å². The van der Waals surface area contributed by atoms with Gasteiger partial charge in [0.05, 0.1) is 25.4 Å². The summed E-state index contributed by atoms with van der Waals surface area (Å²) in [5, 5.41) is 10.4. The molecule has 7 nitrogen and oxygen atoms in total. The first-order chi connectivity index (χ1) is 14.9. The summed E-state index contributed by atoms with van der Waals surface area (Å²) in [6.45, 7) is 5.94. The maximum atomic E-state index is 11.9. The van der Waals surface area contributed by atoms with Crippen LogP contribution in [-0.4, -0.2) is 42.5 Å². The smallest absolute Gasteiger partial charge is 0.379 e. The number of Topliss-reactive ketones (excluding diaryl/α,β-unsaturated/α-hetero) is 2. The number of carbonyl (C=O) groups is 3. The van der Waals surface area contributed by atoms with Crippen LogP contribution in [0.25, 0.3) is 0 Å². The van der Waals surface area contributed by atoms with E-state index < -0.39 is 11.8 Å². The van der Waals surface area contributed by atoms with Crippen molar-refractivity contribution >= 4 is 17.5 Å². The van der Waals surface area contributed by atoms with Crippen molar-refractivity contribution in [2.45, 2.75) is 40.0 Å². The minimum Gasteiger partial charge on any atom is -0.507 e. The monoisotopic (exact) mass is 428 g/mol. The Bertz CT molecular complexity index is 916. The summed E-state index contributed by atoms with van der Waals surface area (Å²) in [7, 11) is 0. The molecule has 0 amide bonds. The van der Waals surface area contributed by atoms with Crippen molar-refractivity contribution in [1.29, 1.82) is 0 Å². The number of phenolic OH excluding ortho intramolecular Hbond substituents is 1. The van der Waals surface area contributed by atoms with Gasteiger partial charge in [-0.05, 0) is 56.7 Å². The Morgan fingerprint density at radius 3 is 2.23 bits per heavy atom. The Balaban J connectivity index is 1.86. The van der Waals surface area contributed by atoms with Crippen LogP contribution in [0.4, 0.5) is 0 Å². The first kappa shape index (κ1) is 23.9. The lowest BCUT2D eigenvalue weighted by Crippen LogP contribution is -2.17. The molecule has 0 aromatic heterocycles. The maximum absolute atomic E-state index is 11.9. The summed E-state index contributed by atoms with van der Waals surface area (Å²) >= 11 is 0. The van der Waals surface area contributed by atoms with Crippen molar-refractivity contribution in [3.05, 3.63) is 53.1 Å². The van der Waals surface area contributed by atoms with Crippen molar-refractivity contribution < 1.29 is 33.7 Å². The molecule has 0 atom stereocenters. The molecule has 0 saturated carbocycles. The molecule has 0 aliphatic carbocycles. The van der Waals surface area contributed by atoms with Gasteiger partial charge in [-0.25, -0.2) is 4.79 Å². The molecule has 0 aliphatic heterocycles. The summed E-state index contributed by atoms with van der Waals surface area (Å²) in [6.07, 6.45) is 2.00. The highest BCUT2D eigenvalue weighted by atomic mass is 16.5. The Kier molecular flexibility index (Phi) is 9.06. The molecule has 2 aromatic rings. The number of esters is 1. The summed E-state index contributed by atoms with van der Waals surface area (Å²) in [5.41, 5.74) is 1.17. The molecular formula is C24H28O7. The van der Waals surface area contributed by atoms with Crippen LogP contribution in [0.2, 0.25) is 0 Å². The van der Waals surface area contributed by atoms with Gasteiger partial charge in [0.2, 0.25) is 0 Å². The Morgan fingerprint density at radius 1 is 0.935 bits per heavy atom. The maximum Gasteiger partial charge on any atom is 0.379 e. The zero-order valence-electron chi connectivity index (χ0n) is 18.1. The Morgan fingerprint density at radius 2 is 1.61 bits per heavy atom. The molecule has 0 aliphatic rings. The minimum absolute atomic E-state index is 0.0134. The van der Waals surface area contributed by atoms with Crippen LogP contribution >= 0.6 is 0 Å².